The Labute approximate surface area is 170 Å². The highest BCUT2D eigenvalue weighted by Crippen LogP contribution is 2.30. The van der Waals surface area contributed by atoms with Gasteiger partial charge in [0.25, 0.3) is 5.56 Å². The molecule has 142 valence electrons. The summed E-state index contributed by atoms with van der Waals surface area (Å²) in [6.45, 7) is 2.46. The lowest BCUT2D eigenvalue weighted by Gasteiger charge is -2.19. The third-order valence-electron chi connectivity index (χ3n) is 4.35. The Morgan fingerprint density at radius 2 is 2.15 bits per heavy atom. The van der Waals surface area contributed by atoms with Crippen molar-refractivity contribution in [3.05, 3.63) is 61.9 Å². The van der Waals surface area contributed by atoms with Crippen LogP contribution in [0.3, 0.4) is 0 Å². The topological polar surface area (TPSA) is 64.0 Å². The van der Waals surface area contributed by atoms with Crippen LogP contribution in [0.15, 0.2) is 40.8 Å². The predicted molar refractivity (Wildman–Crippen MR) is 111 cm³/mol. The summed E-state index contributed by atoms with van der Waals surface area (Å²) in [5.74, 6) is -0.155. The second-order valence-electron chi connectivity index (χ2n) is 6.27. The monoisotopic (exact) mass is 423 g/mol. The first-order chi connectivity index (χ1) is 13.0. The fourth-order valence-electron chi connectivity index (χ4n) is 3.00. The molecular formula is C19H19Cl2N3O2S. The van der Waals surface area contributed by atoms with E-state index in [0.717, 1.165) is 18.4 Å². The Morgan fingerprint density at radius 3 is 2.89 bits per heavy atom. The van der Waals surface area contributed by atoms with E-state index in [9.17, 15) is 9.59 Å². The Hall–Kier alpha value is -1.89. The van der Waals surface area contributed by atoms with Gasteiger partial charge in [0, 0.05) is 22.5 Å². The maximum atomic E-state index is 12.4. The van der Waals surface area contributed by atoms with Crippen LogP contribution in [0.5, 0.6) is 0 Å². The van der Waals surface area contributed by atoms with Gasteiger partial charge < -0.3 is 5.32 Å². The summed E-state index contributed by atoms with van der Waals surface area (Å²) >= 11 is 13.7. The predicted octanol–water partition coefficient (Wildman–Crippen LogP) is 4.46. The van der Waals surface area contributed by atoms with Gasteiger partial charge in [-0.3, -0.25) is 14.2 Å². The van der Waals surface area contributed by atoms with E-state index in [0.29, 0.717) is 26.8 Å². The molecular weight excluding hydrogens is 405 g/mol. The first-order valence-electron chi connectivity index (χ1n) is 8.64. The van der Waals surface area contributed by atoms with Crippen LogP contribution in [-0.2, 0) is 11.3 Å². The van der Waals surface area contributed by atoms with Gasteiger partial charge >= 0.3 is 0 Å². The van der Waals surface area contributed by atoms with Crippen molar-refractivity contribution in [2.24, 2.45) is 0 Å². The standard InChI is InChI=1S/C19H19Cl2N3O2S/c1-2-3-12(14-5-4-13(20)8-16(14)21)9-22-17(25)10-24-11-23-18-15(19(24)26)6-7-27-18/h4-8,11-12H,2-3,9-10H2,1H3,(H,22,25). The van der Waals surface area contributed by atoms with Gasteiger partial charge in [-0.25, -0.2) is 4.98 Å². The SMILES string of the molecule is CCCC(CNC(=O)Cn1cnc2sccc2c1=O)c1ccc(Cl)cc1Cl. The number of aromatic nitrogens is 2. The Bertz CT molecular complexity index is 1020. The highest BCUT2D eigenvalue weighted by atomic mass is 35.5. The molecule has 0 aliphatic carbocycles. The molecule has 0 saturated carbocycles. The molecule has 1 atom stereocenters. The molecule has 2 heterocycles. The van der Waals surface area contributed by atoms with E-state index in [1.165, 1.54) is 22.2 Å². The third-order valence-corrected chi connectivity index (χ3v) is 5.73. The van der Waals surface area contributed by atoms with Gasteiger partial charge in [-0.15, -0.1) is 11.3 Å². The number of nitrogens with one attached hydrogen (secondary N) is 1. The fraction of sp³-hybridized carbons (Fsp3) is 0.316. The van der Waals surface area contributed by atoms with E-state index in [1.54, 1.807) is 18.2 Å². The highest BCUT2D eigenvalue weighted by Gasteiger charge is 2.16. The number of nitrogens with zero attached hydrogens (tertiary/aromatic N) is 2. The second-order valence-corrected chi connectivity index (χ2v) is 8.01. The number of hydrogen-bond acceptors (Lipinski definition) is 4. The summed E-state index contributed by atoms with van der Waals surface area (Å²) in [5.41, 5.74) is 0.754. The molecule has 1 aromatic carbocycles. The molecule has 0 aliphatic heterocycles. The molecule has 0 aliphatic rings. The first kappa shape index (κ1) is 19.9. The van der Waals surface area contributed by atoms with Crippen molar-refractivity contribution < 1.29 is 4.79 Å². The number of carbonyl (C=O) groups is 1. The van der Waals surface area contributed by atoms with Gasteiger partial charge in [0.1, 0.15) is 11.4 Å². The van der Waals surface area contributed by atoms with E-state index in [2.05, 4.69) is 17.2 Å². The van der Waals surface area contributed by atoms with Gasteiger partial charge in [-0.2, -0.15) is 0 Å². The molecule has 3 rings (SSSR count). The maximum absolute atomic E-state index is 12.4. The van der Waals surface area contributed by atoms with E-state index < -0.39 is 0 Å². The molecule has 5 nitrogen and oxygen atoms in total. The molecule has 27 heavy (non-hydrogen) atoms. The average molecular weight is 424 g/mol. The maximum Gasteiger partial charge on any atom is 0.262 e. The van der Waals surface area contributed by atoms with Crippen LogP contribution in [0.2, 0.25) is 10.0 Å². The number of fused-ring (bicyclic) bond motifs is 1. The Kier molecular flexibility index (Phi) is 6.52. The molecule has 8 heteroatoms. The highest BCUT2D eigenvalue weighted by molar-refractivity contribution is 7.16. The number of amides is 1. The fourth-order valence-corrected chi connectivity index (χ4v) is 4.29. The number of benzene rings is 1. The van der Waals surface area contributed by atoms with Crippen LogP contribution < -0.4 is 10.9 Å². The van der Waals surface area contributed by atoms with Crippen molar-refractivity contribution >= 4 is 50.7 Å². The number of rotatable bonds is 7. The lowest BCUT2D eigenvalue weighted by molar-refractivity contribution is -0.121. The zero-order chi connectivity index (χ0) is 19.4. The minimum atomic E-state index is -0.236. The van der Waals surface area contributed by atoms with Crippen LogP contribution >= 0.6 is 34.5 Å². The van der Waals surface area contributed by atoms with Gasteiger partial charge in [-0.05, 0) is 35.6 Å². The minimum absolute atomic E-state index is 0.0647. The summed E-state index contributed by atoms with van der Waals surface area (Å²) in [7, 11) is 0. The molecule has 2 aromatic heterocycles. The van der Waals surface area contributed by atoms with E-state index >= 15 is 0 Å². The van der Waals surface area contributed by atoms with Crippen LogP contribution in [0, 0.1) is 0 Å². The normalized spacial score (nSPS) is 12.3. The van der Waals surface area contributed by atoms with E-state index in [1.807, 2.05) is 11.4 Å². The molecule has 0 saturated heterocycles. The smallest absolute Gasteiger partial charge is 0.262 e. The van der Waals surface area contributed by atoms with Crippen molar-refractivity contribution in [3.8, 4) is 0 Å². The van der Waals surface area contributed by atoms with Crippen molar-refractivity contribution in [3.63, 3.8) is 0 Å². The molecule has 0 spiro atoms. The van der Waals surface area contributed by atoms with Gasteiger partial charge in [-0.1, -0.05) is 42.6 Å². The first-order valence-corrected chi connectivity index (χ1v) is 10.3. The summed E-state index contributed by atoms with van der Waals surface area (Å²) in [6, 6.07) is 7.14. The number of thiophene rings is 1. The molecule has 1 N–H and O–H groups in total. The zero-order valence-corrected chi connectivity index (χ0v) is 17.1. The lowest BCUT2D eigenvalue weighted by Crippen LogP contribution is -2.34. The number of hydrogen-bond donors (Lipinski definition) is 1. The van der Waals surface area contributed by atoms with E-state index in [4.69, 9.17) is 23.2 Å². The summed E-state index contributed by atoms with van der Waals surface area (Å²) in [6.07, 6.45) is 3.25. The Morgan fingerprint density at radius 1 is 1.33 bits per heavy atom. The quantitative estimate of drug-likeness (QED) is 0.609. The van der Waals surface area contributed by atoms with Crippen LogP contribution in [0.4, 0.5) is 0 Å². The molecule has 0 bridgehead atoms. The van der Waals surface area contributed by atoms with Crippen molar-refractivity contribution in [1.29, 1.82) is 0 Å². The van der Waals surface area contributed by atoms with Crippen molar-refractivity contribution in [2.45, 2.75) is 32.2 Å². The zero-order valence-electron chi connectivity index (χ0n) is 14.7. The number of carbonyl (C=O) groups excluding carboxylic acids is 1. The molecule has 1 unspecified atom stereocenters. The summed E-state index contributed by atoms with van der Waals surface area (Å²) in [5, 5.41) is 6.44. The second kappa shape index (κ2) is 8.87. The van der Waals surface area contributed by atoms with Crippen LogP contribution in [-0.4, -0.2) is 22.0 Å². The Balaban J connectivity index is 1.68. The van der Waals surface area contributed by atoms with Crippen LogP contribution in [0.1, 0.15) is 31.2 Å². The third kappa shape index (κ3) is 4.69. The van der Waals surface area contributed by atoms with Crippen LogP contribution in [0.25, 0.3) is 10.2 Å². The summed E-state index contributed by atoms with van der Waals surface area (Å²) < 4.78 is 1.33. The molecule has 0 fully saturated rings. The van der Waals surface area contributed by atoms with Crippen molar-refractivity contribution in [2.75, 3.05) is 6.54 Å². The average Bonchev–Trinajstić information content (AvgIpc) is 3.11. The molecule has 0 radical (unpaired) electrons. The summed E-state index contributed by atoms with van der Waals surface area (Å²) in [4.78, 5) is 29.6. The van der Waals surface area contributed by atoms with Gasteiger partial charge in [0.15, 0.2) is 0 Å². The molecule has 3 aromatic rings. The van der Waals surface area contributed by atoms with Crippen molar-refractivity contribution in [1.82, 2.24) is 14.9 Å². The van der Waals surface area contributed by atoms with Gasteiger partial charge in [0.05, 0.1) is 11.7 Å². The number of halogens is 2. The molecule has 1 amide bonds. The minimum Gasteiger partial charge on any atom is -0.354 e. The van der Waals surface area contributed by atoms with E-state index in [-0.39, 0.29) is 23.9 Å². The van der Waals surface area contributed by atoms with Gasteiger partial charge in [0.2, 0.25) is 5.91 Å². The largest absolute Gasteiger partial charge is 0.354 e. The lowest BCUT2D eigenvalue weighted by atomic mass is 9.94.